The summed E-state index contributed by atoms with van der Waals surface area (Å²) in [4.78, 5) is 2.19. The third-order valence-electron chi connectivity index (χ3n) is 2.95. The Hall–Kier alpha value is -1.10. The van der Waals surface area contributed by atoms with Crippen molar-refractivity contribution in [2.45, 2.75) is 32.5 Å². The van der Waals surface area contributed by atoms with Crippen molar-refractivity contribution in [3.05, 3.63) is 29.3 Å². The minimum atomic E-state index is -0.247. The van der Waals surface area contributed by atoms with Gasteiger partial charge in [-0.1, -0.05) is 6.07 Å². The maximum Gasteiger partial charge on any atom is 0.123 e. The monoisotopic (exact) mass is 252 g/mol. The normalized spacial score (nSPS) is 12.8. The zero-order valence-corrected chi connectivity index (χ0v) is 11.5. The van der Waals surface area contributed by atoms with Gasteiger partial charge in [-0.15, -0.1) is 0 Å². The number of nitrogens with two attached hydrogens (primary N) is 1. The van der Waals surface area contributed by atoms with Crippen molar-refractivity contribution in [2.24, 2.45) is 5.73 Å². The summed E-state index contributed by atoms with van der Waals surface area (Å²) in [6, 6.07) is 6.09. The van der Waals surface area contributed by atoms with Crippen molar-refractivity contribution in [1.29, 1.82) is 0 Å². The topological polar surface area (TPSA) is 58.7 Å². The number of hydrogen-bond acceptors (Lipinski definition) is 4. The molecule has 102 valence electrons. The van der Waals surface area contributed by atoms with Crippen LogP contribution in [0.1, 0.15) is 24.5 Å². The number of aliphatic hydroxyl groups is 1. The second kappa shape index (κ2) is 7.36. The van der Waals surface area contributed by atoms with Crippen LogP contribution < -0.4 is 10.5 Å². The zero-order chi connectivity index (χ0) is 13.5. The van der Waals surface area contributed by atoms with E-state index in [0.717, 1.165) is 30.8 Å². The van der Waals surface area contributed by atoms with Crippen molar-refractivity contribution in [3.63, 3.8) is 0 Å². The molecule has 0 bridgehead atoms. The third-order valence-corrected chi connectivity index (χ3v) is 2.95. The molecular weight excluding hydrogens is 228 g/mol. The summed E-state index contributed by atoms with van der Waals surface area (Å²) < 4.78 is 5.25. The van der Waals surface area contributed by atoms with E-state index in [-0.39, 0.29) is 6.10 Å². The first-order chi connectivity index (χ1) is 8.56. The van der Waals surface area contributed by atoms with Crippen molar-refractivity contribution in [2.75, 3.05) is 20.7 Å². The summed E-state index contributed by atoms with van der Waals surface area (Å²) in [6.45, 7) is 4.02. The lowest BCUT2D eigenvalue weighted by Crippen LogP contribution is -2.22. The Labute approximate surface area is 109 Å². The maximum atomic E-state index is 9.26. The quantitative estimate of drug-likeness (QED) is 0.769. The van der Waals surface area contributed by atoms with E-state index in [4.69, 9.17) is 10.5 Å². The van der Waals surface area contributed by atoms with E-state index in [1.54, 1.807) is 7.11 Å². The van der Waals surface area contributed by atoms with Crippen LogP contribution in [-0.4, -0.2) is 36.8 Å². The molecule has 0 saturated heterocycles. The molecule has 0 radical (unpaired) electrons. The predicted molar refractivity (Wildman–Crippen MR) is 73.5 cm³/mol. The fourth-order valence-electron chi connectivity index (χ4n) is 1.89. The highest BCUT2D eigenvalue weighted by atomic mass is 16.5. The zero-order valence-electron chi connectivity index (χ0n) is 11.5. The molecule has 0 heterocycles. The van der Waals surface area contributed by atoms with Crippen LogP contribution in [0.15, 0.2) is 18.2 Å². The predicted octanol–water partition coefficient (Wildman–Crippen LogP) is 1.36. The van der Waals surface area contributed by atoms with E-state index in [9.17, 15) is 5.11 Å². The lowest BCUT2D eigenvalue weighted by Gasteiger charge is -2.18. The molecule has 0 aliphatic rings. The van der Waals surface area contributed by atoms with Gasteiger partial charge in [0.1, 0.15) is 5.75 Å². The summed E-state index contributed by atoms with van der Waals surface area (Å²) in [5, 5.41) is 9.26. The van der Waals surface area contributed by atoms with E-state index in [1.807, 2.05) is 13.0 Å². The standard InChI is InChI=1S/C14H24N2O2/c1-11(17)6-7-16(2)10-12-4-5-14(18-3)13(8-12)9-15/h4-5,8,11,17H,6-7,9-10,15H2,1-3H3. The Kier molecular flexibility index (Phi) is 6.12. The summed E-state index contributed by atoms with van der Waals surface area (Å²) in [6.07, 6.45) is 0.541. The van der Waals surface area contributed by atoms with Gasteiger partial charge in [-0.05, 0) is 38.1 Å². The van der Waals surface area contributed by atoms with Crippen molar-refractivity contribution < 1.29 is 9.84 Å². The van der Waals surface area contributed by atoms with Gasteiger partial charge in [0.2, 0.25) is 0 Å². The number of hydrogen-bond donors (Lipinski definition) is 2. The Morgan fingerprint density at radius 2 is 2.17 bits per heavy atom. The average Bonchev–Trinajstić information content (AvgIpc) is 2.36. The van der Waals surface area contributed by atoms with Gasteiger partial charge in [0.15, 0.2) is 0 Å². The molecule has 0 spiro atoms. The molecule has 4 heteroatoms. The summed E-state index contributed by atoms with van der Waals surface area (Å²) in [5.41, 5.74) is 7.94. The Morgan fingerprint density at radius 3 is 2.72 bits per heavy atom. The lowest BCUT2D eigenvalue weighted by molar-refractivity contribution is 0.163. The number of nitrogens with zero attached hydrogens (tertiary/aromatic N) is 1. The first-order valence-corrected chi connectivity index (χ1v) is 6.29. The van der Waals surface area contributed by atoms with Gasteiger partial charge in [-0.25, -0.2) is 0 Å². The summed E-state index contributed by atoms with van der Waals surface area (Å²) in [5.74, 6) is 0.841. The minimum absolute atomic E-state index is 0.247. The molecule has 1 unspecified atom stereocenters. The Balaban J connectivity index is 2.61. The highest BCUT2D eigenvalue weighted by Crippen LogP contribution is 2.20. The Morgan fingerprint density at radius 1 is 1.44 bits per heavy atom. The molecule has 0 aliphatic heterocycles. The largest absolute Gasteiger partial charge is 0.496 e. The highest BCUT2D eigenvalue weighted by molar-refractivity contribution is 5.37. The van der Waals surface area contributed by atoms with Crippen LogP contribution in [0.2, 0.25) is 0 Å². The Bertz CT molecular complexity index is 367. The summed E-state index contributed by atoms with van der Waals surface area (Å²) in [7, 11) is 3.71. The van der Waals surface area contributed by atoms with Crippen LogP contribution in [0, 0.1) is 0 Å². The fourth-order valence-corrected chi connectivity index (χ4v) is 1.89. The van der Waals surface area contributed by atoms with Crippen LogP contribution in [-0.2, 0) is 13.1 Å². The smallest absolute Gasteiger partial charge is 0.123 e. The fraction of sp³-hybridized carbons (Fsp3) is 0.571. The molecule has 0 saturated carbocycles. The maximum absolute atomic E-state index is 9.26. The molecule has 0 amide bonds. The van der Waals surface area contributed by atoms with Gasteiger partial charge in [-0.2, -0.15) is 0 Å². The third kappa shape index (κ3) is 4.64. The molecule has 0 aromatic heterocycles. The van der Waals surface area contributed by atoms with Crippen molar-refractivity contribution in [1.82, 2.24) is 4.90 Å². The number of rotatable bonds is 7. The first kappa shape index (κ1) is 15.0. The minimum Gasteiger partial charge on any atom is -0.496 e. The lowest BCUT2D eigenvalue weighted by atomic mass is 10.1. The van der Waals surface area contributed by atoms with E-state index in [2.05, 4.69) is 24.1 Å². The average molecular weight is 252 g/mol. The van der Waals surface area contributed by atoms with Crippen LogP contribution in [0.5, 0.6) is 5.75 Å². The van der Waals surface area contributed by atoms with E-state index in [1.165, 1.54) is 5.56 Å². The van der Waals surface area contributed by atoms with E-state index in [0.29, 0.717) is 6.54 Å². The van der Waals surface area contributed by atoms with Crippen LogP contribution in [0.4, 0.5) is 0 Å². The van der Waals surface area contributed by atoms with Crippen LogP contribution in [0.3, 0.4) is 0 Å². The van der Waals surface area contributed by atoms with E-state index >= 15 is 0 Å². The second-order valence-corrected chi connectivity index (χ2v) is 4.73. The highest BCUT2D eigenvalue weighted by Gasteiger charge is 2.06. The molecule has 1 rings (SSSR count). The first-order valence-electron chi connectivity index (χ1n) is 6.29. The number of methoxy groups -OCH3 is 1. The summed E-state index contributed by atoms with van der Waals surface area (Å²) >= 11 is 0. The van der Waals surface area contributed by atoms with Crippen LogP contribution in [0.25, 0.3) is 0 Å². The van der Waals surface area contributed by atoms with E-state index < -0.39 is 0 Å². The molecule has 1 aromatic carbocycles. The molecule has 1 aromatic rings. The molecule has 3 N–H and O–H groups in total. The molecule has 0 aliphatic carbocycles. The van der Waals surface area contributed by atoms with Crippen molar-refractivity contribution in [3.8, 4) is 5.75 Å². The number of benzene rings is 1. The molecule has 4 nitrogen and oxygen atoms in total. The van der Waals surface area contributed by atoms with Gasteiger partial charge in [0, 0.05) is 25.2 Å². The molecule has 1 atom stereocenters. The SMILES string of the molecule is COc1ccc(CN(C)CCC(C)O)cc1CN. The van der Waals surface area contributed by atoms with Gasteiger partial charge >= 0.3 is 0 Å². The van der Waals surface area contributed by atoms with Gasteiger partial charge in [0.25, 0.3) is 0 Å². The van der Waals surface area contributed by atoms with Gasteiger partial charge in [-0.3, -0.25) is 0 Å². The van der Waals surface area contributed by atoms with Gasteiger partial charge in [0.05, 0.1) is 13.2 Å². The van der Waals surface area contributed by atoms with Crippen molar-refractivity contribution >= 4 is 0 Å². The number of ether oxygens (including phenoxy) is 1. The molecule has 18 heavy (non-hydrogen) atoms. The second-order valence-electron chi connectivity index (χ2n) is 4.73. The number of aliphatic hydroxyl groups excluding tert-OH is 1. The molecular formula is C14H24N2O2. The van der Waals surface area contributed by atoms with Gasteiger partial charge < -0.3 is 20.5 Å². The van der Waals surface area contributed by atoms with Crippen LogP contribution >= 0.6 is 0 Å². The molecule has 0 fully saturated rings.